The summed E-state index contributed by atoms with van der Waals surface area (Å²) >= 11 is 0. The molecular weight excluding hydrogens is 376 g/mol. The van der Waals surface area contributed by atoms with Gasteiger partial charge in [-0.3, -0.25) is 9.54 Å². The smallest absolute Gasteiger partial charge is 0.281 e. The molecule has 0 aromatic carbocycles. The summed E-state index contributed by atoms with van der Waals surface area (Å²) < 4.78 is 102. The van der Waals surface area contributed by atoms with Crippen molar-refractivity contribution in [1.82, 2.24) is 4.98 Å². The molecule has 0 aliphatic rings. The van der Waals surface area contributed by atoms with Gasteiger partial charge in [0.05, 0.1) is 0 Å². The highest BCUT2D eigenvalue weighted by Gasteiger charge is 2.52. The second-order valence-electron chi connectivity index (χ2n) is 5.10. The van der Waals surface area contributed by atoms with Crippen molar-refractivity contribution in [3.8, 4) is 0 Å². The molecule has 0 spiro atoms. The number of unbranched alkanes of at least 4 members (excludes halogenated alkanes) is 3. The van der Waals surface area contributed by atoms with Crippen molar-refractivity contribution in [3.05, 3.63) is 30.6 Å². The van der Waals surface area contributed by atoms with Crippen LogP contribution in [-0.2, 0) is 10.1 Å². The van der Waals surface area contributed by atoms with Crippen LogP contribution >= 0.6 is 0 Å². The van der Waals surface area contributed by atoms with E-state index in [4.69, 9.17) is 4.55 Å². The topological polar surface area (TPSA) is 67.3 Å². The number of alkyl halides is 6. The third-order valence-electron chi connectivity index (χ3n) is 2.94. The minimum atomic E-state index is -5.83. The number of aromatic nitrogens is 1. The minimum Gasteiger partial charge on any atom is -0.281 e. The predicted molar refractivity (Wildman–Crippen MR) is 79.4 cm³/mol. The van der Waals surface area contributed by atoms with Crippen molar-refractivity contribution in [1.29, 1.82) is 0 Å². The Hall–Kier alpha value is -1.36. The molecule has 11 heteroatoms. The first-order chi connectivity index (χ1) is 11.4. The second kappa shape index (κ2) is 10.6. The fourth-order valence-electron chi connectivity index (χ4n) is 1.64. The molecule has 0 aliphatic heterocycles. The lowest BCUT2D eigenvalue weighted by Crippen LogP contribution is -2.38. The zero-order chi connectivity index (χ0) is 19.6. The van der Waals surface area contributed by atoms with Gasteiger partial charge < -0.3 is 0 Å². The van der Waals surface area contributed by atoms with Crippen molar-refractivity contribution in [2.24, 2.45) is 0 Å². The van der Waals surface area contributed by atoms with E-state index in [1.807, 2.05) is 18.2 Å². The summed E-state index contributed by atoms with van der Waals surface area (Å²) in [6.07, 6.45) is -5.97. The molecule has 0 aliphatic carbocycles. The summed E-state index contributed by atoms with van der Waals surface area (Å²) in [6, 6.07) is 5.72. The zero-order valence-corrected chi connectivity index (χ0v) is 13.9. The number of halogens is 6. The maximum absolute atomic E-state index is 12.9. The van der Waals surface area contributed by atoms with E-state index in [-0.39, 0.29) is 25.7 Å². The van der Waals surface area contributed by atoms with Gasteiger partial charge in [0.15, 0.2) is 6.17 Å². The highest BCUT2D eigenvalue weighted by Crippen LogP contribution is 2.31. The van der Waals surface area contributed by atoms with E-state index >= 15 is 0 Å². The van der Waals surface area contributed by atoms with Crippen LogP contribution in [0.2, 0.25) is 0 Å². The molecule has 1 rings (SSSR count). The number of hydrogen-bond donors (Lipinski definition) is 1. The average Bonchev–Trinajstić information content (AvgIpc) is 2.50. The summed E-state index contributed by atoms with van der Waals surface area (Å²) in [7, 11) is -5.83. The maximum atomic E-state index is 12.9. The normalized spacial score (nSPS) is 13.7. The van der Waals surface area contributed by atoms with Crippen LogP contribution in [0.3, 0.4) is 0 Å². The van der Waals surface area contributed by atoms with Crippen molar-refractivity contribution in [3.63, 3.8) is 0 Å². The Kier molecular flexibility index (Phi) is 10.0. The second-order valence-corrected chi connectivity index (χ2v) is 6.59. The predicted octanol–water partition coefficient (Wildman–Crippen LogP) is 4.79. The first kappa shape index (κ1) is 23.6. The molecule has 0 radical (unpaired) electrons. The van der Waals surface area contributed by atoms with Gasteiger partial charge >= 0.3 is 21.5 Å². The molecule has 146 valence electrons. The number of hydrogen-bond acceptors (Lipinski definition) is 3. The summed E-state index contributed by atoms with van der Waals surface area (Å²) in [5, 5.41) is -4.89. The zero-order valence-electron chi connectivity index (χ0n) is 13.1. The summed E-state index contributed by atoms with van der Waals surface area (Å²) in [4.78, 5) is 3.78. The highest BCUT2D eigenvalue weighted by molar-refractivity contribution is 7.86. The molecule has 0 saturated heterocycles. The minimum absolute atomic E-state index is 0.0675. The number of pyridine rings is 1. The molecule has 0 fully saturated rings. The maximum Gasteiger partial charge on any atom is 0.400 e. The van der Waals surface area contributed by atoms with E-state index in [1.165, 1.54) is 0 Å². The van der Waals surface area contributed by atoms with Gasteiger partial charge in [-0.2, -0.15) is 30.4 Å². The van der Waals surface area contributed by atoms with Gasteiger partial charge in [-0.15, -0.1) is 0 Å². The SMILES string of the molecule is O=S(=O)(O)C(F)(F)C(F)CCCCCCC(F)(F)F.c1ccncc1. The van der Waals surface area contributed by atoms with Gasteiger partial charge in [-0.25, -0.2) is 4.39 Å². The average molecular weight is 395 g/mol. The third kappa shape index (κ3) is 11.0. The lowest BCUT2D eigenvalue weighted by molar-refractivity contribution is -0.135. The van der Waals surface area contributed by atoms with E-state index in [9.17, 15) is 34.8 Å². The molecule has 1 atom stereocenters. The standard InChI is InChI=1S/C9H14F6O3S.C5H5N/c10-7(9(14,15)19(16,17)18)5-3-1-2-4-6-8(11,12)13;1-2-4-6-5-3-1/h7H,1-6H2,(H,16,17,18);1-5H. The van der Waals surface area contributed by atoms with E-state index in [2.05, 4.69) is 4.98 Å². The Morgan fingerprint density at radius 3 is 1.80 bits per heavy atom. The van der Waals surface area contributed by atoms with Crippen molar-refractivity contribution >= 4 is 10.1 Å². The fraction of sp³-hybridized carbons (Fsp3) is 0.643. The van der Waals surface area contributed by atoms with Crippen LogP contribution in [-0.4, -0.2) is 35.6 Å². The van der Waals surface area contributed by atoms with Crippen LogP contribution in [0, 0.1) is 0 Å². The van der Waals surface area contributed by atoms with Crippen LogP contribution in [0.15, 0.2) is 30.6 Å². The van der Waals surface area contributed by atoms with E-state index in [1.54, 1.807) is 12.4 Å². The molecule has 0 bridgehead atoms. The summed E-state index contributed by atoms with van der Waals surface area (Å²) in [6.45, 7) is 0. The molecule has 0 saturated carbocycles. The first-order valence-corrected chi connectivity index (χ1v) is 8.72. The van der Waals surface area contributed by atoms with Gasteiger partial charge in [0.2, 0.25) is 0 Å². The monoisotopic (exact) mass is 395 g/mol. The van der Waals surface area contributed by atoms with Crippen LogP contribution in [0.5, 0.6) is 0 Å². The summed E-state index contributed by atoms with van der Waals surface area (Å²) in [5.41, 5.74) is 0. The number of nitrogens with zero attached hydrogens (tertiary/aromatic N) is 1. The van der Waals surface area contributed by atoms with E-state index in [0.29, 0.717) is 0 Å². The number of rotatable bonds is 8. The van der Waals surface area contributed by atoms with Crippen LogP contribution in [0.1, 0.15) is 38.5 Å². The molecule has 1 aromatic heterocycles. The molecule has 1 unspecified atom stereocenters. The van der Waals surface area contributed by atoms with E-state index in [0.717, 1.165) is 0 Å². The van der Waals surface area contributed by atoms with Gasteiger partial charge in [-0.05, 0) is 25.0 Å². The Morgan fingerprint density at radius 1 is 0.920 bits per heavy atom. The fourth-order valence-corrected chi connectivity index (χ4v) is 2.09. The molecule has 0 amide bonds. The van der Waals surface area contributed by atoms with Crippen molar-refractivity contribution in [2.45, 2.75) is 56.1 Å². The Bertz CT molecular complexity index is 539. The molecule has 1 N–H and O–H groups in total. The van der Waals surface area contributed by atoms with Gasteiger partial charge in [-0.1, -0.05) is 25.3 Å². The lowest BCUT2D eigenvalue weighted by Gasteiger charge is -2.17. The van der Waals surface area contributed by atoms with Crippen LogP contribution in [0.25, 0.3) is 0 Å². The Morgan fingerprint density at radius 2 is 1.44 bits per heavy atom. The highest BCUT2D eigenvalue weighted by atomic mass is 32.2. The van der Waals surface area contributed by atoms with Gasteiger partial charge in [0, 0.05) is 18.8 Å². The quantitative estimate of drug-likeness (QED) is 0.390. The van der Waals surface area contributed by atoms with E-state index < -0.39 is 40.6 Å². The largest absolute Gasteiger partial charge is 0.400 e. The molecular formula is C14H19F6NO3S. The third-order valence-corrected chi connectivity index (χ3v) is 3.89. The van der Waals surface area contributed by atoms with Crippen LogP contribution in [0.4, 0.5) is 26.3 Å². The molecule has 1 heterocycles. The van der Waals surface area contributed by atoms with Gasteiger partial charge in [0.1, 0.15) is 0 Å². The molecule has 25 heavy (non-hydrogen) atoms. The van der Waals surface area contributed by atoms with Crippen LogP contribution < -0.4 is 0 Å². The lowest BCUT2D eigenvalue weighted by atomic mass is 10.1. The molecule has 4 nitrogen and oxygen atoms in total. The molecule has 1 aromatic rings. The first-order valence-electron chi connectivity index (χ1n) is 7.28. The van der Waals surface area contributed by atoms with Crippen molar-refractivity contribution in [2.75, 3.05) is 0 Å². The Labute approximate surface area is 142 Å². The summed E-state index contributed by atoms with van der Waals surface area (Å²) in [5.74, 6) is 0. The van der Waals surface area contributed by atoms with Gasteiger partial charge in [0.25, 0.3) is 0 Å². The Balaban J connectivity index is 0.000000796. The van der Waals surface area contributed by atoms with Crippen molar-refractivity contribution < 1.29 is 39.3 Å².